The summed E-state index contributed by atoms with van der Waals surface area (Å²) in [6.07, 6.45) is -3.24. The van der Waals surface area contributed by atoms with Gasteiger partial charge in [0.2, 0.25) is 0 Å². The van der Waals surface area contributed by atoms with E-state index in [1.54, 1.807) is 18.3 Å². The Morgan fingerprint density at radius 2 is 1.83 bits per heavy atom. The number of Topliss-reactive ketones (excluding diaryl/α,β-unsaturated/α-hetero) is 1. The lowest BCUT2D eigenvalue weighted by Crippen LogP contribution is -2.22. The molecule has 146 valence electrons. The first-order valence-electron chi connectivity index (χ1n) is 8.43. The van der Waals surface area contributed by atoms with Crippen LogP contribution in [0.2, 0.25) is 0 Å². The zero-order valence-electron chi connectivity index (χ0n) is 14.6. The Balaban J connectivity index is 1.68. The molecule has 0 saturated carbocycles. The summed E-state index contributed by atoms with van der Waals surface area (Å²) in [6.45, 7) is 0. The van der Waals surface area contributed by atoms with E-state index in [0.717, 1.165) is 11.5 Å². The first kappa shape index (κ1) is 18.6. The van der Waals surface area contributed by atoms with Crippen LogP contribution < -0.4 is 0 Å². The van der Waals surface area contributed by atoms with Gasteiger partial charge in [-0.05, 0) is 23.8 Å². The van der Waals surface area contributed by atoms with E-state index in [2.05, 4.69) is 15.0 Å². The van der Waals surface area contributed by atoms with Crippen molar-refractivity contribution in [1.82, 2.24) is 15.0 Å². The number of carbonyl (C=O) groups excluding carboxylic acids is 1. The number of H-pyrrole nitrogens is 1. The average Bonchev–Trinajstić information content (AvgIpc) is 3.03. The second-order valence-corrected chi connectivity index (χ2v) is 6.44. The number of halogens is 3. The van der Waals surface area contributed by atoms with Crippen molar-refractivity contribution in [1.29, 1.82) is 0 Å². The van der Waals surface area contributed by atoms with Crippen molar-refractivity contribution in [2.75, 3.05) is 0 Å². The quantitative estimate of drug-likeness (QED) is 0.503. The first-order chi connectivity index (χ1) is 13.7. The number of aromatic nitrogens is 3. The molecule has 0 aliphatic heterocycles. The third kappa shape index (κ3) is 3.54. The number of nitrogens with one attached hydrogen (secondary N) is 1. The van der Waals surface area contributed by atoms with Gasteiger partial charge in [-0.15, -0.1) is 0 Å². The normalized spacial score (nSPS) is 11.8. The number of carboxylic acid groups (broad SMARTS) is 1. The zero-order valence-corrected chi connectivity index (χ0v) is 14.6. The standard InChI is InChI=1S/C20H12F3N3O3/c21-20(22,23)17(27)11-3-1-2-10(6-11)7-16-24-9-14-13-5-4-12(19(28)29)8-15(13)25-18(14)26-16/h1-6,8-9H,7H2,(H,28,29)(H,24,25,26). The van der Waals surface area contributed by atoms with Gasteiger partial charge in [-0.1, -0.05) is 24.3 Å². The Bertz CT molecular complexity index is 1280. The molecule has 0 amide bonds. The topological polar surface area (TPSA) is 95.9 Å². The second-order valence-electron chi connectivity index (χ2n) is 6.44. The highest BCUT2D eigenvalue weighted by atomic mass is 19.4. The van der Waals surface area contributed by atoms with Gasteiger partial charge in [0, 0.05) is 34.5 Å². The number of benzene rings is 2. The number of alkyl halides is 3. The minimum Gasteiger partial charge on any atom is -0.478 e. The molecule has 0 fully saturated rings. The molecule has 0 atom stereocenters. The minimum absolute atomic E-state index is 0.128. The molecule has 0 radical (unpaired) electrons. The van der Waals surface area contributed by atoms with Crippen LogP contribution in [-0.2, 0) is 6.42 Å². The van der Waals surface area contributed by atoms with Gasteiger partial charge in [0.05, 0.1) is 5.56 Å². The molecule has 6 nitrogen and oxygen atoms in total. The minimum atomic E-state index is -4.94. The Kier molecular flexibility index (Phi) is 4.30. The number of fused-ring (bicyclic) bond motifs is 3. The molecule has 0 aliphatic rings. The molecule has 2 aromatic carbocycles. The number of carbonyl (C=O) groups is 2. The molecule has 4 rings (SSSR count). The number of hydrogen-bond acceptors (Lipinski definition) is 4. The lowest BCUT2D eigenvalue weighted by Gasteiger charge is -2.07. The van der Waals surface area contributed by atoms with E-state index in [0.29, 0.717) is 27.9 Å². The molecule has 2 N–H and O–H groups in total. The SMILES string of the molecule is O=C(O)c1ccc2c(c1)[nH]c1nc(Cc3cccc(C(=O)C(F)(F)F)c3)ncc12. The van der Waals surface area contributed by atoms with Crippen molar-refractivity contribution in [2.24, 2.45) is 0 Å². The zero-order chi connectivity index (χ0) is 20.8. The average molecular weight is 399 g/mol. The van der Waals surface area contributed by atoms with E-state index in [4.69, 9.17) is 5.11 Å². The van der Waals surface area contributed by atoms with Crippen LogP contribution in [0.25, 0.3) is 21.9 Å². The van der Waals surface area contributed by atoms with Crippen molar-refractivity contribution in [2.45, 2.75) is 12.6 Å². The molecule has 2 aromatic heterocycles. The Labute approximate surface area is 161 Å². The molecule has 0 spiro atoms. The van der Waals surface area contributed by atoms with Gasteiger partial charge >= 0.3 is 12.1 Å². The van der Waals surface area contributed by atoms with Crippen LogP contribution >= 0.6 is 0 Å². The van der Waals surface area contributed by atoms with Crippen LogP contribution in [0.15, 0.2) is 48.7 Å². The number of carboxylic acids is 1. The van der Waals surface area contributed by atoms with Gasteiger partial charge in [0.25, 0.3) is 5.78 Å². The molecular formula is C20H12F3N3O3. The third-order valence-corrected chi connectivity index (χ3v) is 4.46. The molecule has 0 aliphatic carbocycles. The molecule has 9 heteroatoms. The van der Waals surface area contributed by atoms with E-state index in [9.17, 15) is 22.8 Å². The van der Waals surface area contributed by atoms with E-state index >= 15 is 0 Å². The van der Waals surface area contributed by atoms with E-state index in [1.165, 1.54) is 24.3 Å². The summed E-state index contributed by atoms with van der Waals surface area (Å²) in [6, 6.07) is 9.89. The first-order valence-corrected chi connectivity index (χ1v) is 8.43. The van der Waals surface area contributed by atoms with Gasteiger partial charge in [0.1, 0.15) is 11.5 Å². The summed E-state index contributed by atoms with van der Waals surface area (Å²) in [7, 11) is 0. The maximum absolute atomic E-state index is 12.6. The Morgan fingerprint density at radius 1 is 1.03 bits per heavy atom. The number of ketones is 1. The number of aromatic amines is 1. The van der Waals surface area contributed by atoms with Crippen molar-refractivity contribution in [3.8, 4) is 0 Å². The van der Waals surface area contributed by atoms with E-state index in [1.807, 2.05) is 0 Å². The summed E-state index contributed by atoms with van der Waals surface area (Å²) in [5.74, 6) is -2.61. The van der Waals surface area contributed by atoms with Crippen LogP contribution in [0.1, 0.15) is 32.1 Å². The third-order valence-electron chi connectivity index (χ3n) is 4.46. The molecular weight excluding hydrogens is 387 g/mol. The maximum Gasteiger partial charge on any atom is 0.454 e. The maximum atomic E-state index is 12.6. The Morgan fingerprint density at radius 3 is 2.55 bits per heavy atom. The summed E-state index contributed by atoms with van der Waals surface area (Å²) >= 11 is 0. The lowest BCUT2D eigenvalue weighted by atomic mass is 10.0. The molecule has 2 heterocycles. The van der Waals surface area contributed by atoms with Crippen molar-refractivity contribution in [3.63, 3.8) is 0 Å². The number of nitrogens with zero attached hydrogens (tertiary/aromatic N) is 2. The predicted octanol–water partition coefficient (Wildman–Crippen LogP) is 4.15. The predicted molar refractivity (Wildman–Crippen MR) is 98.0 cm³/mol. The molecule has 4 aromatic rings. The number of rotatable bonds is 4. The molecule has 0 saturated heterocycles. The van der Waals surface area contributed by atoms with Gasteiger partial charge < -0.3 is 10.1 Å². The molecule has 0 bridgehead atoms. The number of hydrogen-bond donors (Lipinski definition) is 2. The smallest absolute Gasteiger partial charge is 0.454 e. The van der Waals surface area contributed by atoms with Crippen LogP contribution in [0.4, 0.5) is 13.2 Å². The highest BCUT2D eigenvalue weighted by Crippen LogP contribution is 2.26. The summed E-state index contributed by atoms with van der Waals surface area (Å²) in [5, 5.41) is 10.6. The van der Waals surface area contributed by atoms with E-state index < -0.39 is 23.5 Å². The highest BCUT2D eigenvalue weighted by molar-refractivity contribution is 6.07. The van der Waals surface area contributed by atoms with Crippen molar-refractivity contribution >= 4 is 33.7 Å². The number of aromatic carboxylic acids is 1. The van der Waals surface area contributed by atoms with Crippen LogP contribution in [0, 0.1) is 0 Å². The summed E-state index contributed by atoms with van der Waals surface area (Å²) in [4.78, 5) is 34.2. The van der Waals surface area contributed by atoms with Crippen LogP contribution in [-0.4, -0.2) is 38.0 Å². The van der Waals surface area contributed by atoms with Crippen LogP contribution in [0.3, 0.4) is 0 Å². The van der Waals surface area contributed by atoms with Gasteiger partial charge in [-0.2, -0.15) is 13.2 Å². The van der Waals surface area contributed by atoms with Gasteiger partial charge in [-0.3, -0.25) is 4.79 Å². The fraction of sp³-hybridized carbons (Fsp3) is 0.100. The van der Waals surface area contributed by atoms with Crippen molar-refractivity contribution < 1.29 is 27.9 Å². The van der Waals surface area contributed by atoms with E-state index in [-0.39, 0.29) is 12.0 Å². The second kappa shape index (κ2) is 6.69. The van der Waals surface area contributed by atoms with Gasteiger partial charge in [0.15, 0.2) is 0 Å². The monoisotopic (exact) mass is 399 g/mol. The lowest BCUT2D eigenvalue weighted by molar-refractivity contribution is -0.0885. The van der Waals surface area contributed by atoms with Crippen LogP contribution in [0.5, 0.6) is 0 Å². The molecule has 0 unspecified atom stereocenters. The summed E-state index contributed by atoms with van der Waals surface area (Å²) < 4.78 is 37.9. The fourth-order valence-corrected chi connectivity index (χ4v) is 3.11. The van der Waals surface area contributed by atoms with Crippen molar-refractivity contribution in [3.05, 3.63) is 71.2 Å². The highest BCUT2D eigenvalue weighted by Gasteiger charge is 2.39. The Hall–Kier alpha value is -3.75. The fourth-order valence-electron chi connectivity index (χ4n) is 3.11. The molecule has 29 heavy (non-hydrogen) atoms. The van der Waals surface area contributed by atoms with Gasteiger partial charge in [-0.25, -0.2) is 14.8 Å². The summed E-state index contributed by atoms with van der Waals surface area (Å²) in [5.41, 5.74) is 1.22. The largest absolute Gasteiger partial charge is 0.478 e.